The summed E-state index contributed by atoms with van der Waals surface area (Å²) in [6, 6.07) is 16.7. The zero-order chi connectivity index (χ0) is 19.6. The molecule has 5 nitrogen and oxygen atoms in total. The van der Waals surface area contributed by atoms with Crippen LogP contribution < -0.4 is 10.0 Å². The molecule has 0 spiro atoms. The zero-order valence-electron chi connectivity index (χ0n) is 15.7. The zero-order valence-corrected chi connectivity index (χ0v) is 17.3. The average molecular weight is 420 g/mol. The average Bonchev–Trinajstić information content (AvgIpc) is 3.48. The number of anilines is 1. The predicted octanol–water partition coefficient (Wildman–Crippen LogP) is 3.80. The minimum Gasteiger partial charge on any atom is -0.313 e. The lowest BCUT2D eigenvalue weighted by Gasteiger charge is -2.27. The van der Waals surface area contributed by atoms with Crippen LogP contribution in [0.3, 0.4) is 0 Å². The Morgan fingerprint density at radius 3 is 2.36 bits per heavy atom. The summed E-state index contributed by atoms with van der Waals surface area (Å²) < 4.78 is 29.3. The molecule has 2 N–H and O–H groups in total. The molecule has 150 valence electrons. The molecule has 0 radical (unpaired) electrons. The molecule has 1 saturated carbocycles. The summed E-state index contributed by atoms with van der Waals surface area (Å²) in [6.07, 6.45) is 3.46. The van der Waals surface area contributed by atoms with E-state index in [4.69, 9.17) is 11.8 Å². The molecule has 2 aromatic carbocycles. The van der Waals surface area contributed by atoms with Crippen molar-refractivity contribution in [3.63, 3.8) is 0 Å². The third-order valence-electron chi connectivity index (χ3n) is 5.66. The molecule has 2 fully saturated rings. The fourth-order valence-electron chi connectivity index (χ4n) is 3.82. The number of nitrogens with one attached hydrogen (secondary N) is 2. The van der Waals surface area contributed by atoms with Crippen LogP contribution in [-0.4, -0.2) is 38.5 Å². The van der Waals surface area contributed by atoms with E-state index in [1.165, 1.54) is 5.56 Å². The maximum atomic E-state index is 12.4. The summed E-state index contributed by atoms with van der Waals surface area (Å²) in [4.78, 5) is 0.269. The Hall–Kier alpha value is -1.60. The lowest BCUT2D eigenvalue weighted by molar-refractivity contribution is 0.275. The topological polar surface area (TPSA) is 61.4 Å². The van der Waals surface area contributed by atoms with Gasteiger partial charge in [-0.05, 0) is 73.3 Å². The Bertz CT molecular complexity index is 882. The summed E-state index contributed by atoms with van der Waals surface area (Å²) in [5, 5.41) is 3.69. The van der Waals surface area contributed by atoms with Crippen LogP contribution in [0.4, 0.5) is 5.69 Å². The maximum Gasteiger partial charge on any atom is 0.261 e. The van der Waals surface area contributed by atoms with Gasteiger partial charge in [0.25, 0.3) is 10.0 Å². The second-order valence-electron chi connectivity index (χ2n) is 7.75. The molecule has 7 heteroatoms. The smallest absolute Gasteiger partial charge is 0.261 e. The van der Waals surface area contributed by atoms with Gasteiger partial charge in [0.15, 0.2) is 0 Å². The number of hydrogen-bond donors (Lipinski definition) is 2. The second kappa shape index (κ2) is 8.41. The first-order chi connectivity index (χ1) is 13.5. The highest BCUT2D eigenvalue weighted by atomic mass is 35.5. The maximum absolute atomic E-state index is 12.4. The largest absolute Gasteiger partial charge is 0.313 e. The van der Waals surface area contributed by atoms with Crippen molar-refractivity contribution in [3.8, 4) is 0 Å². The van der Waals surface area contributed by atoms with E-state index < -0.39 is 10.0 Å². The highest BCUT2D eigenvalue weighted by Crippen LogP contribution is 2.41. The van der Waals surface area contributed by atoms with Gasteiger partial charge in [0, 0.05) is 30.7 Å². The van der Waals surface area contributed by atoms with Gasteiger partial charge < -0.3 is 5.32 Å². The minimum atomic E-state index is -3.54. The molecule has 0 unspecified atom stereocenters. The van der Waals surface area contributed by atoms with Crippen molar-refractivity contribution in [1.82, 2.24) is 9.74 Å². The van der Waals surface area contributed by atoms with Crippen LogP contribution in [0.5, 0.6) is 0 Å². The standard InChI is InChI=1S/C21H26ClN3O2S/c22-25-12-10-16(11-13-25)15-23-21-14-20(21)17-6-8-18(9-7-17)24-28(26,27)19-4-2-1-3-5-19/h1-9,16,20-21,23-24H,10-15H2/t20-,21+/m0/s1. The molecule has 1 aliphatic heterocycles. The summed E-state index contributed by atoms with van der Waals surface area (Å²) >= 11 is 6.02. The van der Waals surface area contributed by atoms with Crippen LogP contribution in [-0.2, 0) is 10.0 Å². The SMILES string of the molecule is O=S(=O)(Nc1ccc([C@@H]2C[C@H]2NCC2CCN(Cl)CC2)cc1)c1ccccc1. The van der Waals surface area contributed by atoms with Gasteiger partial charge in [-0.2, -0.15) is 0 Å². The van der Waals surface area contributed by atoms with Crippen LogP contribution in [0.15, 0.2) is 59.5 Å². The summed E-state index contributed by atoms with van der Waals surface area (Å²) in [5.41, 5.74) is 1.85. The van der Waals surface area contributed by atoms with Gasteiger partial charge in [-0.3, -0.25) is 4.72 Å². The second-order valence-corrected chi connectivity index (χ2v) is 9.91. The van der Waals surface area contributed by atoms with Gasteiger partial charge in [0.05, 0.1) is 4.90 Å². The number of piperidine rings is 1. The highest BCUT2D eigenvalue weighted by molar-refractivity contribution is 7.92. The van der Waals surface area contributed by atoms with Crippen LogP contribution >= 0.6 is 11.8 Å². The molecular weight excluding hydrogens is 394 g/mol. The first-order valence-electron chi connectivity index (χ1n) is 9.83. The highest BCUT2D eigenvalue weighted by Gasteiger charge is 2.38. The summed E-state index contributed by atoms with van der Waals surface area (Å²) in [5.74, 6) is 1.24. The van der Waals surface area contributed by atoms with E-state index >= 15 is 0 Å². The van der Waals surface area contributed by atoms with E-state index in [9.17, 15) is 8.42 Å². The van der Waals surface area contributed by atoms with E-state index in [1.54, 1.807) is 30.3 Å². The number of nitrogens with zero attached hydrogens (tertiary/aromatic N) is 1. The van der Waals surface area contributed by atoms with Gasteiger partial charge >= 0.3 is 0 Å². The molecule has 1 aliphatic carbocycles. The van der Waals surface area contributed by atoms with Crippen LogP contribution in [0.2, 0.25) is 0 Å². The fourth-order valence-corrected chi connectivity index (χ4v) is 5.10. The van der Waals surface area contributed by atoms with Gasteiger partial charge in [-0.25, -0.2) is 12.8 Å². The summed E-state index contributed by atoms with van der Waals surface area (Å²) in [7, 11) is -3.54. The van der Waals surface area contributed by atoms with Crippen molar-refractivity contribution in [2.75, 3.05) is 24.4 Å². The first-order valence-corrected chi connectivity index (χ1v) is 11.7. The Kier molecular flexibility index (Phi) is 5.92. The van der Waals surface area contributed by atoms with Crippen LogP contribution in [0.1, 0.15) is 30.7 Å². The molecule has 2 aromatic rings. The molecule has 2 atom stereocenters. The predicted molar refractivity (Wildman–Crippen MR) is 113 cm³/mol. The van der Waals surface area contributed by atoms with E-state index in [0.717, 1.165) is 38.9 Å². The number of sulfonamides is 1. The molecule has 4 rings (SSSR count). The molecule has 1 heterocycles. The molecule has 0 amide bonds. The Morgan fingerprint density at radius 2 is 1.68 bits per heavy atom. The number of halogens is 1. The van der Waals surface area contributed by atoms with Crippen molar-refractivity contribution in [2.45, 2.75) is 36.1 Å². The van der Waals surface area contributed by atoms with Gasteiger partial charge in [0.2, 0.25) is 0 Å². The monoisotopic (exact) mass is 419 g/mol. The minimum absolute atomic E-state index is 0.269. The van der Waals surface area contributed by atoms with E-state index in [0.29, 0.717) is 23.6 Å². The van der Waals surface area contributed by atoms with E-state index in [2.05, 4.69) is 10.0 Å². The molecule has 0 aromatic heterocycles. The van der Waals surface area contributed by atoms with Crippen molar-refractivity contribution in [3.05, 3.63) is 60.2 Å². The molecule has 2 aliphatic rings. The third kappa shape index (κ3) is 4.87. The van der Waals surface area contributed by atoms with Crippen molar-refractivity contribution < 1.29 is 8.42 Å². The van der Waals surface area contributed by atoms with Gasteiger partial charge in [-0.15, -0.1) is 0 Å². The molecule has 1 saturated heterocycles. The summed E-state index contributed by atoms with van der Waals surface area (Å²) in [6.45, 7) is 3.01. The van der Waals surface area contributed by atoms with E-state index in [1.807, 2.05) is 28.7 Å². The first kappa shape index (κ1) is 19.7. The van der Waals surface area contributed by atoms with Crippen molar-refractivity contribution in [2.24, 2.45) is 5.92 Å². The number of rotatable bonds is 7. The van der Waals surface area contributed by atoms with Crippen molar-refractivity contribution in [1.29, 1.82) is 0 Å². The Morgan fingerprint density at radius 1 is 1.00 bits per heavy atom. The lowest BCUT2D eigenvalue weighted by atomic mass is 9.98. The number of benzene rings is 2. The molecule has 0 bridgehead atoms. The Labute approximate surface area is 172 Å². The van der Waals surface area contributed by atoms with Crippen molar-refractivity contribution >= 4 is 27.5 Å². The Balaban J connectivity index is 1.28. The number of hydrogen-bond acceptors (Lipinski definition) is 4. The molecule has 28 heavy (non-hydrogen) atoms. The quantitative estimate of drug-likeness (QED) is 0.670. The normalized spacial score (nSPS) is 23.5. The van der Waals surface area contributed by atoms with Gasteiger partial charge in [0.1, 0.15) is 0 Å². The van der Waals surface area contributed by atoms with Crippen LogP contribution in [0.25, 0.3) is 0 Å². The lowest BCUT2D eigenvalue weighted by Crippen LogP contribution is -2.33. The van der Waals surface area contributed by atoms with Crippen LogP contribution in [0, 0.1) is 5.92 Å². The van der Waals surface area contributed by atoms with Gasteiger partial charge in [-0.1, -0.05) is 30.3 Å². The fraction of sp³-hybridized carbons (Fsp3) is 0.429. The third-order valence-corrected chi connectivity index (χ3v) is 7.40. The van der Waals surface area contributed by atoms with E-state index in [-0.39, 0.29) is 4.90 Å². The molecular formula is C21H26ClN3O2S.